The summed E-state index contributed by atoms with van der Waals surface area (Å²) in [5.74, 6) is 0.314. The summed E-state index contributed by atoms with van der Waals surface area (Å²) in [4.78, 5) is 29.8. The van der Waals surface area contributed by atoms with E-state index in [-0.39, 0.29) is 11.9 Å². The van der Waals surface area contributed by atoms with Gasteiger partial charge in [0.15, 0.2) is 0 Å². The van der Waals surface area contributed by atoms with Gasteiger partial charge >= 0.3 is 0 Å². The van der Waals surface area contributed by atoms with Crippen molar-refractivity contribution in [3.8, 4) is 0 Å². The fourth-order valence-electron chi connectivity index (χ4n) is 2.98. The quantitative estimate of drug-likeness (QED) is 0.880. The van der Waals surface area contributed by atoms with Gasteiger partial charge in [0.25, 0.3) is 0 Å². The summed E-state index contributed by atoms with van der Waals surface area (Å²) in [5.41, 5.74) is 6.65. The summed E-state index contributed by atoms with van der Waals surface area (Å²) in [6.07, 6.45) is 1.55. The Morgan fingerprint density at radius 2 is 2.22 bits per heavy atom. The minimum absolute atomic E-state index is 0.0337. The fourth-order valence-corrected chi connectivity index (χ4v) is 2.98. The number of para-hydroxylation sites is 1. The molecule has 0 aliphatic carbocycles. The zero-order chi connectivity index (χ0) is 16.4. The highest BCUT2D eigenvalue weighted by Gasteiger charge is 2.22. The van der Waals surface area contributed by atoms with Crippen LogP contribution in [-0.2, 0) is 4.79 Å². The van der Waals surface area contributed by atoms with Crippen LogP contribution in [0, 0.1) is 0 Å². The van der Waals surface area contributed by atoms with Gasteiger partial charge in [0.1, 0.15) is 5.82 Å². The fraction of sp³-hybridized carbons (Fsp3) is 0.353. The van der Waals surface area contributed by atoms with Crippen LogP contribution in [-0.4, -0.2) is 40.8 Å². The minimum Gasteiger partial charge on any atom is -0.366 e. The number of fused-ring (bicyclic) bond motifs is 1. The number of nitrogens with one attached hydrogen (secondary N) is 1. The van der Waals surface area contributed by atoms with Gasteiger partial charge in [-0.05, 0) is 25.5 Å². The second-order valence-corrected chi connectivity index (χ2v) is 5.93. The summed E-state index contributed by atoms with van der Waals surface area (Å²) in [6, 6.07) is 9.11. The van der Waals surface area contributed by atoms with Crippen molar-refractivity contribution in [2.45, 2.75) is 25.8 Å². The third-order valence-corrected chi connectivity index (χ3v) is 4.04. The average Bonchev–Trinajstić information content (AvgIpc) is 2.91. The molecule has 2 amide bonds. The Labute approximate surface area is 134 Å². The van der Waals surface area contributed by atoms with E-state index in [9.17, 15) is 9.59 Å². The van der Waals surface area contributed by atoms with Crippen LogP contribution in [0.3, 0.4) is 0 Å². The first kappa shape index (κ1) is 15.3. The van der Waals surface area contributed by atoms with Gasteiger partial charge in [-0.2, -0.15) is 0 Å². The number of primary amides is 1. The molecule has 2 aromatic rings. The van der Waals surface area contributed by atoms with E-state index in [1.165, 1.54) is 0 Å². The number of nitrogens with two attached hydrogens (primary N) is 1. The standard InChI is InChI=1S/C17H20N4O2/c1-11(10-21-8-4-7-16(21)22)19-15-9-13(17(18)23)12-5-2-3-6-14(12)20-15/h2-3,5-6,9,11H,4,7-8,10H2,1H3,(H2,18,23)(H,19,20). The second kappa shape index (κ2) is 6.24. The highest BCUT2D eigenvalue weighted by molar-refractivity contribution is 6.06. The van der Waals surface area contributed by atoms with Crippen molar-refractivity contribution in [1.82, 2.24) is 9.88 Å². The number of carbonyl (C=O) groups is 2. The normalized spacial score (nSPS) is 15.9. The summed E-state index contributed by atoms with van der Waals surface area (Å²) in [7, 11) is 0. The van der Waals surface area contributed by atoms with Crippen LogP contribution in [0.25, 0.3) is 10.9 Å². The van der Waals surface area contributed by atoms with Gasteiger partial charge < -0.3 is 16.0 Å². The number of hydrogen-bond donors (Lipinski definition) is 2. The van der Waals surface area contributed by atoms with Crippen LogP contribution in [0.15, 0.2) is 30.3 Å². The molecule has 1 aliphatic rings. The molecule has 1 fully saturated rings. The van der Waals surface area contributed by atoms with Crippen LogP contribution in [0.4, 0.5) is 5.82 Å². The van der Waals surface area contributed by atoms with E-state index in [1.807, 2.05) is 36.1 Å². The first-order chi connectivity index (χ1) is 11.0. The van der Waals surface area contributed by atoms with Crippen molar-refractivity contribution >= 4 is 28.5 Å². The Morgan fingerprint density at radius 1 is 1.43 bits per heavy atom. The van der Waals surface area contributed by atoms with Gasteiger partial charge in [-0.25, -0.2) is 4.98 Å². The van der Waals surface area contributed by atoms with Crippen molar-refractivity contribution in [1.29, 1.82) is 0 Å². The number of hydrogen-bond acceptors (Lipinski definition) is 4. The first-order valence-electron chi connectivity index (χ1n) is 7.78. The highest BCUT2D eigenvalue weighted by Crippen LogP contribution is 2.21. The molecule has 120 valence electrons. The number of likely N-dealkylation sites (tertiary alicyclic amines) is 1. The lowest BCUT2D eigenvalue weighted by atomic mass is 10.1. The van der Waals surface area contributed by atoms with Crippen molar-refractivity contribution < 1.29 is 9.59 Å². The van der Waals surface area contributed by atoms with E-state index >= 15 is 0 Å². The lowest BCUT2D eigenvalue weighted by molar-refractivity contribution is -0.127. The molecule has 1 aromatic heterocycles. The molecule has 1 atom stereocenters. The Morgan fingerprint density at radius 3 is 2.91 bits per heavy atom. The summed E-state index contributed by atoms with van der Waals surface area (Å²) in [6.45, 7) is 3.42. The predicted octanol–water partition coefficient (Wildman–Crippen LogP) is 1.76. The number of pyridine rings is 1. The second-order valence-electron chi connectivity index (χ2n) is 5.93. The molecule has 3 N–H and O–H groups in total. The van der Waals surface area contributed by atoms with E-state index in [4.69, 9.17) is 5.73 Å². The minimum atomic E-state index is -0.478. The topological polar surface area (TPSA) is 88.3 Å². The summed E-state index contributed by atoms with van der Waals surface area (Å²) >= 11 is 0. The van der Waals surface area contributed by atoms with Crippen molar-refractivity contribution in [2.24, 2.45) is 5.73 Å². The van der Waals surface area contributed by atoms with Gasteiger partial charge in [-0.1, -0.05) is 18.2 Å². The van der Waals surface area contributed by atoms with E-state index in [0.29, 0.717) is 24.3 Å². The van der Waals surface area contributed by atoms with Crippen LogP contribution in [0.5, 0.6) is 0 Å². The zero-order valence-electron chi connectivity index (χ0n) is 13.1. The maximum atomic E-state index is 11.7. The molecule has 0 spiro atoms. The molecule has 0 radical (unpaired) electrons. The Balaban J connectivity index is 1.82. The highest BCUT2D eigenvalue weighted by atomic mass is 16.2. The first-order valence-corrected chi connectivity index (χ1v) is 7.78. The van der Waals surface area contributed by atoms with Crippen LogP contribution >= 0.6 is 0 Å². The largest absolute Gasteiger partial charge is 0.366 e. The Bertz CT molecular complexity index is 759. The number of aromatic nitrogens is 1. The SMILES string of the molecule is CC(CN1CCCC1=O)Nc1cc(C(N)=O)c2ccccc2n1. The molecule has 1 aliphatic heterocycles. The molecule has 0 bridgehead atoms. The number of anilines is 1. The average molecular weight is 312 g/mol. The number of nitrogens with zero attached hydrogens (tertiary/aromatic N) is 2. The molecule has 2 heterocycles. The van der Waals surface area contributed by atoms with Crippen molar-refractivity contribution in [2.75, 3.05) is 18.4 Å². The van der Waals surface area contributed by atoms with E-state index in [1.54, 1.807) is 6.07 Å². The monoisotopic (exact) mass is 312 g/mol. The number of carbonyl (C=O) groups excluding carboxylic acids is 2. The lowest BCUT2D eigenvalue weighted by Crippen LogP contribution is -2.35. The maximum Gasteiger partial charge on any atom is 0.249 e. The van der Waals surface area contributed by atoms with Crippen LogP contribution in [0.2, 0.25) is 0 Å². The third-order valence-electron chi connectivity index (χ3n) is 4.04. The van der Waals surface area contributed by atoms with Gasteiger partial charge in [0, 0.05) is 30.9 Å². The van der Waals surface area contributed by atoms with Gasteiger partial charge in [0.05, 0.1) is 11.1 Å². The smallest absolute Gasteiger partial charge is 0.249 e. The van der Waals surface area contributed by atoms with E-state index in [2.05, 4.69) is 10.3 Å². The van der Waals surface area contributed by atoms with Crippen molar-refractivity contribution in [3.05, 3.63) is 35.9 Å². The van der Waals surface area contributed by atoms with Gasteiger partial charge in [-0.15, -0.1) is 0 Å². The third kappa shape index (κ3) is 3.26. The summed E-state index contributed by atoms with van der Waals surface area (Å²) < 4.78 is 0. The number of rotatable bonds is 5. The zero-order valence-corrected chi connectivity index (χ0v) is 13.1. The lowest BCUT2D eigenvalue weighted by Gasteiger charge is -2.22. The molecule has 6 nitrogen and oxygen atoms in total. The molecule has 1 unspecified atom stereocenters. The molecule has 23 heavy (non-hydrogen) atoms. The molecule has 1 saturated heterocycles. The molecule has 0 saturated carbocycles. The van der Waals surface area contributed by atoms with Crippen LogP contribution < -0.4 is 11.1 Å². The Kier molecular flexibility index (Phi) is 4.14. The number of benzene rings is 1. The van der Waals surface area contributed by atoms with Crippen LogP contribution in [0.1, 0.15) is 30.1 Å². The van der Waals surface area contributed by atoms with E-state index in [0.717, 1.165) is 23.9 Å². The molecule has 1 aromatic carbocycles. The van der Waals surface area contributed by atoms with Gasteiger partial charge in [0.2, 0.25) is 11.8 Å². The molecule has 3 rings (SSSR count). The predicted molar refractivity (Wildman–Crippen MR) is 89.2 cm³/mol. The maximum absolute atomic E-state index is 11.7. The molecular weight excluding hydrogens is 292 g/mol. The van der Waals surface area contributed by atoms with Crippen molar-refractivity contribution in [3.63, 3.8) is 0 Å². The van der Waals surface area contributed by atoms with E-state index < -0.39 is 5.91 Å². The Hall–Kier alpha value is -2.63. The number of amides is 2. The summed E-state index contributed by atoms with van der Waals surface area (Å²) in [5, 5.41) is 4.01. The molecular formula is C17H20N4O2. The molecule has 6 heteroatoms. The van der Waals surface area contributed by atoms with Gasteiger partial charge in [-0.3, -0.25) is 9.59 Å².